The number of anilines is 1. The number of benzene rings is 1. The zero-order valence-electron chi connectivity index (χ0n) is 11.3. The van der Waals surface area contributed by atoms with Gasteiger partial charge in [0.25, 0.3) is 0 Å². The molecule has 2 aliphatic rings. The van der Waals surface area contributed by atoms with Crippen molar-refractivity contribution >= 4 is 11.6 Å². The van der Waals surface area contributed by atoms with E-state index in [1.165, 1.54) is 48.8 Å². The van der Waals surface area contributed by atoms with E-state index in [2.05, 4.69) is 31.3 Å². The molecule has 1 unspecified atom stereocenters. The summed E-state index contributed by atoms with van der Waals surface area (Å²) in [5.74, 6) is 0.894. The number of aryl methyl sites for hydroxylation is 2. The van der Waals surface area contributed by atoms with Crippen LogP contribution >= 0.6 is 0 Å². The summed E-state index contributed by atoms with van der Waals surface area (Å²) in [7, 11) is 0. The second-order valence-corrected chi connectivity index (χ2v) is 5.91. The molecule has 1 aliphatic heterocycles. The van der Waals surface area contributed by atoms with Crippen LogP contribution in [0.2, 0.25) is 0 Å². The summed E-state index contributed by atoms with van der Waals surface area (Å²) in [5, 5.41) is 3.10. The van der Waals surface area contributed by atoms with Gasteiger partial charge in [-0.2, -0.15) is 0 Å². The molecule has 18 heavy (non-hydrogen) atoms. The molecule has 0 bridgehead atoms. The standard InChI is InChI=1S/C16H21NO/c1-10-8-11(2)15-13(9-10)14(16(18)17-15)12-6-4-3-5-7-12/h8-9,12,14H,3-7H2,1-2H3,(H,17,18). The third-order valence-corrected chi connectivity index (χ3v) is 4.50. The zero-order chi connectivity index (χ0) is 12.7. The summed E-state index contributed by atoms with van der Waals surface area (Å²) in [4.78, 5) is 12.3. The Morgan fingerprint density at radius 2 is 1.83 bits per heavy atom. The second-order valence-electron chi connectivity index (χ2n) is 5.91. The molecule has 1 aromatic carbocycles. The molecule has 1 fully saturated rings. The minimum absolute atomic E-state index is 0.110. The minimum Gasteiger partial charge on any atom is -0.325 e. The molecule has 2 heteroatoms. The number of nitrogens with one attached hydrogen (secondary N) is 1. The third-order valence-electron chi connectivity index (χ3n) is 4.50. The Morgan fingerprint density at radius 3 is 2.56 bits per heavy atom. The zero-order valence-corrected chi connectivity index (χ0v) is 11.3. The van der Waals surface area contributed by atoms with Crippen LogP contribution in [0.5, 0.6) is 0 Å². The van der Waals surface area contributed by atoms with Crippen molar-refractivity contribution < 1.29 is 4.79 Å². The normalized spacial score (nSPS) is 23.9. The third kappa shape index (κ3) is 1.84. The van der Waals surface area contributed by atoms with Crippen LogP contribution < -0.4 is 5.32 Å². The molecule has 3 rings (SSSR count). The summed E-state index contributed by atoms with van der Waals surface area (Å²) in [6.07, 6.45) is 6.34. The maximum absolute atomic E-state index is 12.3. The number of amides is 1. The lowest BCUT2D eigenvalue weighted by molar-refractivity contribution is -0.118. The van der Waals surface area contributed by atoms with Gasteiger partial charge < -0.3 is 5.32 Å². The van der Waals surface area contributed by atoms with Crippen molar-refractivity contribution in [3.05, 3.63) is 28.8 Å². The number of hydrogen-bond donors (Lipinski definition) is 1. The Kier molecular flexibility index (Phi) is 2.89. The maximum Gasteiger partial charge on any atom is 0.232 e. The Bertz CT molecular complexity index is 486. The first-order valence-corrected chi connectivity index (χ1v) is 7.09. The first-order chi connectivity index (χ1) is 8.66. The first-order valence-electron chi connectivity index (χ1n) is 7.09. The van der Waals surface area contributed by atoms with E-state index < -0.39 is 0 Å². The number of carbonyl (C=O) groups is 1. The predicted molar refractivity (Wildman–Crippen MR) is 73.9 cm³/mol. The largest absolute Gasteiger partial charge is 0.325 e. The Hall–Kier alpha value is -1.31. The van der Waals surface area contributed by atoms with Gasteiger partial charge in [-0.1, -0.05) is 37.0 Å². The van der Waals surface area contributed by atoms with E-state index in [0.29, 0.717) is 5.92 Å². The van der Waals surface area contributed by atoms with Gasteiger partial charge in [0.15, 0.2) is 0 Å². The van der Waals surface area contributed by atoms with Gasteiger partial charge in [-0.25, -0.2) is 0 Å². The molecule has 0 saturated heterocycles. The van der Waals surface area contributed by atoms with Crippen molar-refractivity contribution in [1.82, 2.24) is 0 Å². The summed E-state index contributed by atoms with van der Waals surface area (Å²) in [5.41, 5.74) is 4.81. The van der Waals surface area contributed by atoms with Crippen molar-refractivity contribution in [2.75, 3.05) is 5.32 Å². The van der Waals surface area contributed by atoms with Crippen molar-refractivity contribution in [1.29, 1.82) is 0 Å². The highest BCUT2D eigenvalue weighted by Crippen LogP contribution is 2.44. The summed E-state index contributed by atoms with van der Waals surface area (Å²) >= 11 is 0. The monoisotopic (exact) mass is 243 g/mol. The van der Waals surface area contributed by atoms with Crippen LogP contribution in [0, 0.1) is 19.8 Å². The van der Waals surface area contributed by atoms with E-state index in [1.54, 1.807) is 0 Å². The molecule has 96 valence electrons. The molecule has 1 atom stereocenters. The molecule has 0 aromatic heterocycles. The van der Waals surface area contributed by atoms with Crippen LogP contribution in [0.25, 0.3) is 0 Å². The quantitative estimate of drug-likeness (QED) is 0.795. The van der Waals surface area contributed by atoms with Crippen molar-refractivity contribution in [2.24, 2.45) is 5.92 Å². The van der Waals surface area contributed by atoms with Crippen molar-refractivity contribution in [3.8, 4) is 0 Å². The van der Waals surface area contributed by atoms with E-state index in [1.807, 2.05) is 0 Å². The fourth-order valence-corrected chi connectivity index (χ4v) is 3.69. The van der Waals surface area contributed by atoms with Gasteiger partial charge in [-0.15, -0.1) is 0 Å². The fourth-order valence-electron chi connectivity index (χ4n) is 3.69. The van der Waals surface area contributed by atoms with Gasteiger partial charge in [0.2, 0.25) is 5.91 Å². The molecule has 0 spiro atoms. The average Bonchev–Trinajstić information content (AvgIpc) is 2.67. The highest BCUT2D eigenvalue weighted by Gasteiger charge is 2.37. The van der Waals surface area contributed by atoms with E-state index in [4.69, 9.17) is 0 Å². The van der Waals surface area contributed by atoms with Crippen LogP contribution in [0.1, 0.15) is 54.7 Å². The van der Waals surface area contributed by atoms with Gasteiger partial charge in [0.05, 0.1) is 5.92 Å². The van der Waals surface area contributed by atoms with Crippen molar-refractivity contribution in [3.63, 3.8) is 0 Å². The van der Waals surface area contributed by atoms with Crippen LogP contribution in [0.3, 0.4) is 0 Å². The summed E-state index contributed by atoms with van der Waals surface area (Å²) < 4.78 is 0. The fraction of sp³-hybridized carbons (Fsp3) is 0.562. The van der Waals surface area contributed by atoms with Crippen LogP contribution in [-0.4, -0.2) is 5.91 Å². The SMILES string of the molecule is Cc1cc(C)c2c(c1)C(C1CCCCC1)C(=O)N2. The van der Waals surface area contributed by atoms with Crippen LogP contribution in [0.4, 0.5) is 5.69 Å². The van der Waals surface area contributed by atoms with Gasteiger partial charge in [-0.3, -0.25) is 4.79 Å². The smallest absolute Gasteiger partial charge is 0.232 e. The maximum atomic E-state index is 12.3. The molecule has 1 aromatic rings. The van der Waals surface area contributed by atoms with E-state index in [0.717, 1.165) is 5.69 Å². The number of fused-ring (bicyclic) bond motifs is 1. The molecular weight excluding hydrogens is 222 g/mol. The molecule has 2 nitrogen and oxygen atoms in total. The predicted octanol–water partition coefficient (Wildman–Crippen LogP) is 3.92. The Balaban J connectivity index is 2.00. The molecule has 1 amide bonds. The lowest BCUT2D eigenvalue weighted by atomic mass is 9.77. The Labute approximate surface area is 109 Å². The second kappa shape index (κ2) is 4.42. The van der Waals surface area contributed by atoms with Crippen molar-refractivity contribution in [2.45, 2.75) is 51.9 Å². The van der Waals surface area contributed by atoms with E-state index >= 15 is 0 Å². The molecule has 1 saturated carbocycles. The molecule has 0 radical (unpaired) electrons. The molecule has 1 N–H and O–H groups in total. The van der Waals surface area contributed by atoms with Gasteiger partial charge in [-0.05, 0) is 43.7 Å². The number of hydrogen-bond acceptors (Lipinski definition) is 1. The molecular formula is C16H21NO. The summed E-state index contributed by atoms with van der Waals surface area (Å²) in [6.45, 7) is 4.21. The lowest BCUT2D eigenvalue weighted by Crippen LogP contribution is -2.22. The highest BCUT2D eigenvalue weighted by atomic mass is 16.2. The van der Waals surface area contributed by atoms with E-state index in [-0.39, 0.29) is 11.8 Å². The minimum atomic E-state index is 0.110. The first kappa shape index (κ1) is 11.8. The Morgan fingerprint density at radius 1 is 1.11 bits per heavy atom. The molecule has 1 heterocycles. The lowest BCUT2D eigenvalue weighted by Gasteiger charge is -2.26. The van der Waals surface area contributed by atoms with Crippen LogP contribution in [0.15, 0.2) is 12.1 Å². The number of carbonyl (C=O) groups excluding carboxylic acids is 1. The highest BCUT2D eigenvalue weighted by molar-refractivity contribution is 6.04. The average molecular weight is 243 g/mol. The number of rotatable bonds is 1. The van der Waals surface area contributed by atoms with E-state index in [9.17, 15) is 4.79 Å². The van der Waals surface area contributed by atoms with Gasteiger partial charge >= 0.3 is 0 Å². The van der Waals surface area contributed by atoms with Crippen LogP contribution in [-0.2, 0) is 4.79 Å². The van der Waals surface area contributed by atoms with Gasteiger partial charge in [0, 0.05) is 5.69 Å². The molecule has 1 aliphatic carbocycles. The summed E-state index contributed by atoms with van der Waals surface area (Å²) in [6, 6.07) is 4.36. The topological polar surface area (TPSA) is 29.1 Å². The van der Waals surface area contributed by atoms with Gasteiger partial charge in [0.1, 0.15) is 0 Å².